The molecule has 0 fully saturated rings. The summed E-state index contributed by atoms with van der Waals surface area (Å²) in [6, 6.07) is -0.558. The number of unbranched alkanes of at least 4 members (excludes halogenated alkanes) is 1. The average Bonchev–Trinajstić information content (AvgIpc) is 2.29. The van der Waals surface area contributed by atoms with Gasteiger partial charge in [-0.3, -0.25) is 9.59 Å². The van der Waals surface area contributed by atoms with Crippen molar-refractivity contribution < 1.29 is 14.3 Å². The van der Waals surface area contributed by atoms with E-state index in [0.717, 1.165) is 12.8 Å². The molecule has 1 unspecified atom stereocenters. The lowest BCUT2D eigenvalue weighted by Gasteiger charge is -2.15. The van der Waals surface area contributed by atoms with Gasteiger partial charge in [-0.1, -0.05) is 0 Å². The fourth-order valence-electron chi connectivity index (χ4n) is 1.32. The highest BCUT2D eigenvalue weighted by molar-refractivity contribution is 7.80. The third-order valence-electron chi connectivity index (χ3n) is 2.20. The van der Waals surface area contributed by atoms with Crippen LogP contribution in [0.3, 0.4) is 0 Å². The second kappa shape index (κ2) is 10.2. The smallest absolute Gasteiger partial charge is 0.243 e. The predicted molar refractivity (Wildman–Crippen MR) is 74.8 cm³/mol. The summed E-state index contributed by atoms with van der Waals surface area (Å²) in [5, 5.41) is 5.31. The molecule has 106 valence electrons. The number of nitrogens with one attached hydrogen (secondary N) is 2. The van der Waals surface area contributed by atoms with Crippen LogP contribution in [0, 0.1) is 0 Å². The van der Waals surface area contributed by atoms with E-state index < -0.39 is 6.04 Å². The Kier molecular flexibility index (Phi) is 9.77. The van der Waals surface area contributed by atoms with Gasteiger partial charge in [0, 0.05) is 25.8 Å². The van der Waals surface area contributed by atoms with Crippen LogP contribution in [0.5, 0.6) is 0 Å². The number of ether oxygens (including phenoxy) is 1. The highest BCUT2D eigenvalue weighted by Gasteiger charge is 2.16. The monoisotopic (exact) mass is 276 g/mol. The maximum absolute atomic E-state index is 11.6. The van der Waals surface area contributed by atoms with Crippen LogP contribution in [0.15, 0.2) is 0 Å². The third kappa shape index (κ3) is 9.30. The Morgan fingerprint density at radius 1 is 1.28 bits per heavy atom. The molecule has 0 rings (SSSR count). The summed E-state index contributed by atoms with van der Waals surface area (Å²) in [5.74, 6) is -0.124. The third-order valence-corrected chi connectivity index (χ3v) is 2.56. The highest BCUT2D eigenvalue weighted by atomic mass is 32.1. The molecule has 0 aromatic carbocycles. The number of hydrogen-bond donors (Lipinski definition) is 3. The molecule has 1 atom stereocenters. The molecule has 2 amide bonds. The Bertz CT molecular complexity index is 260. The Morgan fingerprint density at radius 3 is 2.44 bits per heavy atom. The molecule has 5 nitrogen and oxygen atoms in total. The number of carbonyl (C=O) groups is 2. The number of rotatable bonds is 9. The summed E-state index contributed by atoms with van der Waals surface area (Å²) >= 11 is 4.03. The minimum absolute atomic E-state index is 0.190. The van der Waals surface area contributed by atoms with Gasteiger partial charge in [0.15, 0.2) is 0 Å². The number of amides is 2. The summed E-state index contributed by atoms with van der Waals surface area (Å²) in [6.45, 7) is 6.66. The van der Waals surface area contributed by atoms with Crippen LogP contribution in [0.2, 0.25) is 0 Å². The second-order valence-corrected chi connectivity index (χ2v) is 4.72. The van der Waals surface area contributed by atoms with E-state index in [1.807, 2.05) is 13.8 Å². The van der Waals surface area contributed by atoms with Crippen molar-refractivity contribution in [2.45, 2.75) is 45.8 Å². The van der Waals surface area contributed by atoms with E-state index in [0.29, 0.717) is 18.9 Å². The van der Waals surface area contributed by atoms with E-state index in [2.05, 4.69) is 23.3 Å². The lowest BCUT2D eigenvalue weighted by molar-refractivity contribution is -0.127. The van der Waals surface area contributed by atoms with Crippen LogP contribution in [-0.4, -0.2) is 42.9 Å². The van der Waals surface area contributed by atoms with Gasteiger partial charge in [0.1, 0.15) is 6.04 Å². The van der Waals surface area contributed by atoms with E-state index in [1.165, 1.54) is 6.92 Å². The van der Waals surface area contributed by atoms with Crippen molar-refractivity contribution in [3.05, 3.63) is 0 Å². The van der Waals surface area contributed by atoms with Gasteiger partial charge in [-0.05, 0) is 26.7 Å². The molecule has 0 heterocycles. The topological polar surface area (TPSA) is 67.4 Å². The van der Waals surface area contributed by atoms with Gasteiger partial charge >= 0.3 is 0 Å². The van der Waals surface area contributed by atoms with Crippen molar-refractivity contribution in [3.8, 4) is 0 Å². The molecule has 2 N–H and O–H groups in total. The molecule has 0 saturated carbocycles. The Balaban J connectivity index is 3.65. The Morgan fingerprint density at radius 2 is 1.94 bits per heavy atom. The molecule has 0 saturated heterocycles. The Hall–Kier alpha value is -0.750. The van der Waals surface area contributed by atoms with Gasteiger partial charge in [0.25, 0.3) is 0 Å². The largest absolute Gasteiger partial charge is 0.379 e. The van der Waals surface area contributed by atoms with Crippen molar-refractivity contribution in [1.82, 2.24) is 10.6 Å². The van der Waals surface area contributed by atoms with Crippen molar-refractivity contribution in [2.75, 3.05) is 18.9 Å². The van der Waals surface area contributed by atoms with E-state index in [1.54, 1.807) is 0 Å². The Labute approximate surface area is 114 Å². The first-order valence-corrected chi connectivity index (χ1v) is 6.88. The number of hydrogen-bond acceptors (Lipinski definition) is 4. The van der Waals surface area contributed by atoms with Crippen molar-refractivity contribution in [1.29, 1.82) is 0 Å². The van der Waals surface area contributed by atoms with E-state index in [9.17, 15) is 9.59 Å². The zero-order chi connectivity index (χ0) is 14.0. The fourth-order valence-corrected chi connectivity index (χ4v) is 1.58. The van der Waals surface area contributed by atoms with Crippen molar-refractivity contribution in [2.24, 2.45) is 0 Å². The molecule has 0 aliphatic heterocycles. The van der Waals surface area contributed by atoms with Gasteiger partial charge in [-0.15, -0.1) is 0 Å². The number of carbonyl (C=O) groups excluding carboxylic acids is 2. The molecule has 0 aromatic heterocycles. The molecule has 0 aliphatic rings. The first kappa shape index (κ1) is 17.2. The zero-order valence-electron chi connectivity index (χ0n) is 11.4. The van der Waals surface area contributed by atoms with E-state index >= 15 is 0 Å². The highest BCUT2D eigenvalue weighted by Crippen LogP contribution is 1.94. The quantitative estimate of drug-likeness (QED) is 0.430. The van der Waals surface area contributed by atoms with Crippen LogP contribution in [0.1, 0.15) is 33.6 Å². The van der Waals surface area contributed by atoms with Gasteiger partial charge in [-0.2, -0.15) is 12.6 Å². The minimum atomic E-state index is -0.558. The maximum atomic E-state index is 11.6. The normalized spacial score (nSPS) is 12.3. The second-order valence-electron chi connectivity index (χ2n) is 4.35. The van der Waals surface area contributed by atoms with Crippen LogP contribution in [0.25, 0.3) is 0 Å². The van der Waals surface area contributed by atoms with Gasteiger partial charge in [0.05, 0.1) is 6.10 Å². The first-order valence-electron chi connectivity index (χ1n) is 6.24. The van der Waals surface area contributed by atoms with Gasteiger partial charge in [-0.25, -0.2) is 0 Å². The standard InChI is InChI=1S/C12H24N2O3S/c1-9(2)17-7-5-4-6-13-12(16)11(8-18)14-10(3)15/h9,11,18H,4-8H2,1-3H3,(H,13,16)(H,14,15). The van der Waals surface area contributed by atoms with Crippen molar-refractivity contribution in [3.63, 3.8) is 0 Å². The molecule has 0 bridgehead atoms. The zero-order valence-corrected chi connectivity index (χ0v) is 12.3. The first-order chi connectivity index (χ1) is 8.47. The number of thiol groups is 1. The molecule has 0 aromatic rings. The summed E-state index contributed by atoms with van der Waals surface area (Å²) < 4.78 is 5.39. The van der Waals surface area contributed by atoms with Gasteiger partial charge in [0.2, 0.25) is 11.8 Å². The molecular weight excluding hydrogens is 252 g/mol. The fraction of sp³-hybridized carbons (Fsp3) is 0.833. The van der Waals surface area contributed by atoms with Crippen LogP contribution < -0.4 is 10.6 Å². The summed E-state index contributed by atoms with van der Waals surface area (Å²) in [4.78, 5) is 22.5. The molecule has 0 radical (unpaired) electrons. The lowest BCUT2D eigenvalue weighted by Crippen LogP contribution is -2.47. The van der Waals surface area contributed by atoms with E-state index in [4.69, 9.17) is 4.74 Å². The van der Waals surface area contributed by atoms with Gasteiger partial charge < -0.3 is 15.4 Å². The average molecular weight is 276 g/mol. The summed E-state index contributed by atoms with van der Waals surface area (Å²) in [6.07, 6.45) is 2.01. The summed E-state index contributed by atoms with van der Waals surface area (Å²) in [7, 11) is 0. The predicted octanol–water partition coefficient (Wildman–Crippen LogP) is 0.742. The van der Waals surface area contributed by atoms with E-state index in [-0.39, 0.29) is 17.9 Å². The minimum Gasteiger partial charge on any atom is -0.379 e. The van der Waals surface area contributed by atoms with Crippen LogP contribution in [-0.2, 0) is 14.3 Å². The molecular formula is C12H24N2O3S. The van der Waals surface area contributed by atoms with Crippen LogP contribution >= 0.6 is 12.6 Å². The molecule has 18 heavy (non-hydrogen) atoms. The van der Waals surface area contributed by atoms with Crippen LogP contribution in [0.4, 0.5) is 0 Å². The summed E-state index contributed by atoms with van der Waals surface area (Å²) in [5.41, 5.74) is 0. The lowest BCUT2D eigenvalue weighted by atomic mass is 10.2. The maximum Gasteiger partial charge on any atom is 0.243 e. The van der Waals surface area contributed by atoms with Crippen molar-refractivity contribution >= 4 is 24.4 Å². The molecule has 0 aliphatic carbocycles. The molecule has 6 heteroatoms. The SMILES string of the molecule is CC(=O)NC(CS)C(=O)NCCCCOC(C)C. The molecule has 0 spiro atoms.